The molecule has 1 heterocycles. The minimum Gasteiger partial charge on any atom is -0.304 e. The van der Waals surface area contributed by atoms with Gasteiger partial charge in [-0.05, 0) is 26.2 Å². The minimum absolute atomic E-state index is 0.634. The van der Waals surface area contributed by atoms with E-state index in [-0.39, 0.29) is 0 Å². The molecule has 0 spiro atoms. The molecule has 22 heavy (non-hydrogen) atoms. The largest absolute Gasteiger partial charge is 0.304 e. The fraction of sp³-hybridized carbons (Fsp3) is 0.235. The van der Waals surface area contributed by atoms with Gasteiger partial charge in [-0.3, -0.25) is 4.68 Å². The second-order valence-corrected chi connectivity index (χ2v) is 6.48. The molecule has 5 heteroatoms. The standard InChI is InChI=1S/C17H17Cl2N3/c1-21(2)10-16-14-6-4-5-13(17(14)20-22(16)3)12-8-7-11(18)9-15(12)19/h4-9H,10H2,1-3H3. The van der Waals surface area contributed by atoms with Crippen LogP contribution < -0.4 is 0 Å². The Morgan fingerprint density at radius 1 is 1.09 bits per heavy atom. The highest BCUT2D eigenvalue weighted by Crippen LogP contribution is 2.35. The zero-order valence-corrected chi connectivity index (χ0v) is 14.3. The van der Waals surface area contributed by atoms with Gasteiger partial charge in [0, 0.05) is 40.2 Å². The molecule has 0 saturated carbocycles. The van der Waals surface area contributed by atoms with Crippen LogP contribution in [0.1, 0.15) is 5.69 Å². The van der Waals surface area contributed by atoms with Gasteiger partial charge in [-0.15, -0.1) is 0 Å². The van der Waals surface area contributed by atoms with E-state index >= 15 is 0 Å². The van der Waals surface area contributed by atoms with E-state index in [9.17, 15) is 0 Å². The average Bonchev–Trinajstić information content (AvgIpc) is 2.75. The van der Waals surface area contributed by atoms with Crippen LogP contribution in [-0.2, 0) is 13.6 Å². The Hall–Kier alpha value is -1.55. The molecule has 0 unspecified atom stereocenters. The van der Waals surface area contributed by atoms with Gasteiger partial charge in [0.15, 0.2) is 0 Å². The third kappa shape index (κ3) is 2.72. The zero-order valence-electron chi connectivity index (χ0n) is 12.8. The summed E-state index contributed by atoms with van der Waals surface area (Å²) in [6.45, 7) is 0.838. The molecule has 1 aromatic heterocycles. The predicted molar refractivity (Wildman–Crippen MR) is 93.6 cm³/mol. The molecule has 0 N–H and O–H groups in total. The van der Waals surface area contributed by atoms with Crippen LogP contribution in [0, 0.1) is 0 Å². The van der Waals surface area contributed by atoms with E-state index < -0.39 is 0 Å². The third-order valence-electron chi connectivity index (χ3n) is 3.67. The zero-order chi connectivity index (χ0) is 15.9. The first-order chi connectivity index (χ1) is 10.5. The van der Waals surface area contributed by atoms with Crippen molar-refractivity contribution in [2.24, 2.45) is 7.05 Å². The Kier molecular flexibility index (Phi) is 4.13. The summed E-state index contributed by atoms with van der Waals surface area (Å²) >= 11 is 12.4. The number of aromatic nitrogens is 2. The fourth-order valence-corrected chi connectivity index (χ4v) is 3.19. The summed E-state index contributed by atoms with van der Waals surface area (Å²) in [5.41, 5.74) is 4.13. The van der Waals surface area contributed by atoms with E-state index in [4.69, 9.17) is 28.3 Å². The number of hydrogen-bond donors (Lipinski definition) is 0. The molecule has 0 fully saturated rings. The van der Waals surface area contributed by atoms with Crippen LogP contribution in [0.5, 0.6) is 0 Å². The Balaban J connectivity index is 2.23. The van der Waals surface area contributed by atoms with Gasteiger partial charge in [0.25, 0.3) is 0 Å². The summed E-state index contributed by atoms with van der Waals surface area (Å²) in [6, 6.07) is 11.8. The fourth-order valence-electron chi connectivity index (χ4n) is 2.68. The second kappa shape index (κ2) is 5.92. The van der Waals surface area contributed by atoms with Crippen molar-refractivity contribution in [2.75, 3.05) is 14.1 Å². The topological polar surface area (TPSA) is 21.1 Å². The SMILES string of the molecule is CN(C)Cc1c2cccc(-c3ccc(Cl)cc3Cl)c2nn1C. The van der Waals surface area contributed by atoms with Gasteiger partial charge in [0.2, 0.25) is 0 Å². The molecule has 3 nitrogen and oxygen atoms in total. The smallest absolute Gasteiger partial charge is 0.100 e. The molecule has 0 radical (unpaired) electrons. The number of nitrogens with zero attached hydrogens (tertiary/aromatic N) is 3. The molecule has 0 aliphatic heterocycles. The Bertz CT molecular complexity index is 837. The summed E-state index contributed by atoms with van der Waals surface area (Å²) in [5, 5.41) is 7.13. The quantitative estimate of drug-likeness (QED) is 0.697. The van der Waals surface area contributed by atoms with E-state index in [1.165, 1.54) is 5.69 Å². The molecule has 0 bridgehead atoms. The van der Waals surface area contributed by atoms with Crippen molar-refractivity contribution in [1.82, 2.24) is 14.7 Å². The number of halogens is 2. The van der Waals surface area contributed by atoms with Crippen LogP contribution in [0.15, 0.2) is 36.4 Å². The monoisotopic (exact) mass is 333 g/mol. The summed E-state index contributed by atoms with van der Waals surface area (Å²) in [7, 11) is 6.09. The lowest BCUT2D eigenvalue weighted by atomic mass is 10.0. The average molecular weight is 334 g/mol. The van der Waals surface area contributed by atoms with Crippen LogP contribution in [0.2, 0.25) is 10.0 Å². The van der Waals surface area contributed by atoms with E-state index in [0.29, 0.717) is 10.0 Å². The van der Waals surface area contributed by atoms with Crippen molar-refractivity contribution in [3.05, 3.63) is 52.1 Å². The molecular formula is C17H17Cl2N3. The van der Waals surface area contributed by atoms with Crippen molar-refractivity contribution < 1.29 is 0 Å². The maximum Gasteiger partial charge on any atom is 0.100 e. The van der Waals surface area contributed by atoms with E-state index in [1.807, 2.05) is 36.0 Å². The van der Waals surface area contributed by atoms with Crippen LogP contribution in [0.25, 0.3) is 22.0 Å². The second-order valence-electron chi connectivity index (χ2n) is 5.63. The van der Waals surface area contributed by atoms with Gasteiger partial charge in [-0.1, -0.05) is 47.5 Å². The molecule has 0 amide bonds. The molecule has 3 aromatic rings. The number of fused-ring (bicyclic) bond motifs is 1. The molecular weight excluding hydrogens is 317 g/mol. The third-order valence-corrected chi connectivity index (χ3v) is 4.22. The van der Waals surface area contributed by atoms with Crippen molar-refractivity contribution in [1.29, 1.82) is 0 Å². The first-order valence-electron chi connectivity index (χ1n) is 7.02. The molecule has 0 aliphatic rings. The number of hydrogen-bond acceptors (Lipinski definition) is 2. The van der Waals surface area contributed by atoms with E-state index in [0.717, 1.165) is 28.6 Å². The lowest BCUT2D eigenvalue weighted by Gasteiger charge is -2.10. The first-order valence-corrected chi connectivity index (χ1v) is 7.77. The number of aryl methyl sites for hydroxylation is 1. The van der Waals surface area contributed by atoms with E-state index in [1.54, 1.807) is 6.07 Å². The minimum atomic E-state index is 0.634. The van der Waals surface area contributed by atoms with Gasteiger partial charge < -0.3 is 4.90 Å². The van der Waals surface area contributed by atoms with Crippen LogP contribution in [0.3, 0.4) is 0 Å². The maximum absolute atomic E-state index is 6.37. The first kappa shape index (κ1) is 15.3. The summed E-state index contributed by atoms with van der Waals surface area (Å²) in [5.74, 6) is 0. The van der Waals surface area contributed by atoms with Gasteiger partial charge in [-0.2, -0.15) is 5.10 Å². The van der Waals surface area contributed by atoms with Crippen molar-refractivity contribution in [3.8, 4) is 11.1 Å². The van der Waals surface area contributed by atoms with Crippen LogP contribution in [-0.4, -0.2) is 28.8 Å². The maximum atomic E-state index is 6.37. The van der Waals surface area contributed by atoms with Gasteiger partial charge >= 0.3 is 0 Å². The van der Waals surface area contributed by atoms with Crippen molar-refractivity contribution >= 4 is 34.1 Å². The summed E-state index contributed by atoms with van der Waals surface area (Å²) < 4.78 is 1.94. The number of rotatable bonds is 3. The Morgan fingerprint density at radius 3 is 2.55 bits per heavy atom. The van der Waals surface area contributed by atoms with E-state index in [2.05, 4.69) is 25.1 Å². The van der Waals surface area contributed by atoms with Crippen molar-refractivity contribution in [2.45, 2.75) is 6.54 Å². The van der Waals surface area contributed by atoms with Crippen LogP contribution in [0.4, 0.5) is 0 Å². The van der Waals surface area contributed by atoms with Gasteiger partial charge in [-0.25, -0.2) is 0 Å². The normalized spacial score (nSPS) is 11.5. The molecule has 114 valence electrons. The lowest BCUT2D eigenvalue weighted by Crippen LogP contribution is -2.13. The number of benzene rings is 2. The summed E-state index contributed by atoms with van der Waals surface area (Å²) in [6.07, 6.45) is 0. The Morgan fingerprint density at radius 2 is 1.86 bits per heavy atom. The highest BCUT2D eigenvalue weighted by molar-refractivity contribution is 6.36. The molecule has 0 atom stereocenters. The van der Waals surface area contributed by atoms with Gasteiger partial charge in [0.1, 0.15) is 5.52 Å². The lowest BCUT2D eigenvalue weighted by molar-refractivity contribution is 0.389. The summed E-state index contributed by atoms with van der Waals surface area (Å²) in [4.78, 5) is 2.14. The molecule has 2 aromatic carbocycles. The molecule has 0 saturated heterocycles. The molecule has 0 aliphatic carbocycles. The predicted octanol–water partition coefficient (Wildman–Crippen LogP) is 4.61. The highest BCUT2D eigenvalue weighted by atomic mass is 35.5. The van der Waals surface area contributed by atoms with Gasteiger partial charge in [0.05, 0.1) is 5.69 Å². The molecule has 3 rings (SSSR count). The highest BCUT2D eigenvalue weighted by Gasteiger charge is 2.15. The Labute approximate surface area is 140 Å². The van der Waals surface area contributed by atoms with Crippen molar-refractivity contribution in [3.63, 3.8) is 0 Å². The van der Waals surface area contributed by atoms with Crippen LogP contribution >= 0.6 is 23.2 Å².